The van der Waals surface area contributed by atoms with Crippen molar-refractivity contribution in [2.75, 3.05) is 13.2 Å². The zero-order chi connectivity index (χ0) is 9.61. The molecule has 0 aromatic heterocycles. The van der Waals surface area contributed by atoms with E-state index in [2.05, 4.69) is 0 Å². The molecule has 0 aliphatic heterocycles. The van der Waals surface area contributed by atoms with Crippen molar-refractivity contribution in [3.05, 3.63) is 6.42 Å². The molecule has 1 unspecified atom stereocenters. The van der Waals surface area contributed by atoms with E-state index < -0.39 is 6.18 Å². The lowest BCUT2D eigenvalue weighted by Gasteiger charge is -2.10. The van der Waals surface area contributed by atoms with Crippen LogP contribution >= 0.6 is 0 Å². The zero-order valence-electron chi connectivity index (χ0n) is 7.32. The van der Waals surface area contributed by atoms with Gasteiger partial charge in [-0.2, -0.15) is 13.2 Å². The molecule has 0 spiro atoms. The lowest BCUT2D eigenvalue weighted by atomic mass is 10.1. The Bertz CT molecular complexity index is 111. The normalized spacial score (nSPS) is 14.8. The molecule has 0 aliphatic rings. The molecule has 0 rings (SSSR count). The predicted molar refractivity (Wildman–Crippen MR) is 40.6 cm³/mol. The Morgan fingerprint density at radius 2 is 2.00 bits per heavy atom. The monoisotopic (exact) mass is 183 g/mol. The van der Waals surface area contributed by atoms with E-state index >= 15 is 0 Å². The highest BCUT2D eigenvalue weighted by Crippen LogP contribution is 2.18. The molecular weight excluding hydrogens is 169 g/mol. The fourth-order valence-corrected chi connectivity index (χ4v) is 0.540. The van der Waals surface area contributed by atoms with Gasteiger partial charge in [0.25, 0.3) is 0 Å². The highest BCUT2D eigenvalue weighted by molar-refractivity contribution is 4.73. The van der Waals surface area contributed by atoms with Crippen LogP contribution in [0.5, 0.6) is 0 Å². The topological polar surface area (TPSA) is 9.23 Å². The molecule has 1 radical (unpaired) electrons. The molecule has 0 aromatic rings. The number of rotatable bonds is 5. The van der Waals surface area contributed by atoms with Gasteiger partial charge in [-0.15, -0.1) is 0 Å². The molecule has 0 amide bonds. The van der Waals surface area contributed by atoms with Crippen LogP contribution in [0.1, 0.15) is 20.3 Å². The van der Waals surface area contributed by atoms with Gasteiger partial charge in [-0.1, -0.05) is 20.3 Å². The molecule has 0 heterocycles. The number of halogens is 3. The van der Waals surface area contributed by atoms with Crippen LogP contribution in [-0.4, -0.2) is 19.4 Å². The van der Waals surface area contributed by atoms with Crippen LogP contribution in [0.15, 0.2) is 0 Å². The Hall–Kier alpha value is -0.250. The first-order chi connectivity index (χ1) is 5.45. The van der Waals surface area contributed by atoms with Crippen LogP contribution in [0.25, 0.3) is 0 Å². The number of ether oxygens (including phenoxy) is 1. The van der Waals surface area contributed by atoms with Crippen molar-refractivity contribution < 1.29 is 17.9 Å². The van der Waals surface area contributed by atoms with Gasteiger partial charge in [0.2, 0.25) is 0 Å². The standard InChI is InChI=1S/C8H14F3O/c1-3-7(2)6-12-5-4-8(9,10)11/h4,7H,3,5-6H2,1-2H3. The summed E-state index contributed by atoms with van der Waals surface area (Å²) in [5.74, 6) is 0.326. The van der Waals surface area contributed by atoms with Crippen LogP contribution in [0, 0.1) is 12.3 Å². The molecule has 73 valence electrons. The van der Waals surface area contributed by atoms with Gasteiger partial charge >= 0.3 is 6.18 Å². The number of hydrogen-bond acceptors (Lipinski definition) is 1. The first-order valence-corrected chi connectivity index (χ1v) is 3.94. The summed E-state index contributed by atoms with van der Waals surface area (Å²) in [6.07, 6.45) is -3.07. The minimum atomic E-state index is -4.21. The third kappa shape index (κ3) is 7.85. The summed E-state index contributed by atoms with van der Waals surface area (Å²) in [5, 5.41) is 0. The number of alkyl halides is 3. The van der Waals surface area contributed by atoms with Gasteiger partial charge in [-0.3, -0.25) is 0 Å². The molecule has 1 atom stereocenters. The van der Waals surface area contributed by atoms with Crippen LogP contribution in [-0.2, 0) is 4.74 Å². The summed E-state index contributed by atoms with van der Waals surface area (Å²) >= 11 is 0. The van der Waals surface area contributed by atoms with Crippen LogP contribution < -0.4 is 0 Å². The Balaban J connectivity index is 3.22. The maximum absolute atomic E-state index is 11.5. The Morgan fingerprint density at radius 1 is 1.42 bits per heavy atom. The SMILES string of the molecule is CCC(C)COC[CH]C(F)(F)F. The highest BCUT2D eigenvalue weighted by atomic mass is 19.4. The zero-order valence-corrected chi connectivity index (χ0v) is 7.32. The van der Waals surface area contributed by atoms with E-state index in [-0.39, 0.29) is 13.0 Å². The van der Waals surface area contributed by atoms with E-state index in [9.17, 15) is 13.2 Å². The lowest BCUT2D eigenvalue weighted by Crippen LogP contribution is -2.14. The Morgan fingerprint density at radius 3 is 2.42 bits per heavy atom. The van der Waals surface area contributed by atoms with Crippen LogP contribution in [0.3, 0.4) is 0 Å². The highest BCUT2D eigenvalue weighted by Gasteiger charge is 2.27. The third-order valence-electron chi connectivity index (χ3n) is 1.53. The summed E-state index contributed by atoms with van der Waals surface area (Å²) in [6.45, 7) is 3.96. The second-order valence-electron chi connectivity index (χ2n) is 2.80. The van der Waals surface area contributed by atoms with Gasteiger partial charge in [0.05, 0.1) is 13.0 Å². The molecule has 0 fully saturated rings. The minimum absolute atomic E-state index is 0.218. The van der Waals surface area contributed by atoms with Crippen molar-refractivity contribution in [3.8, 4) is 0 Å². The fraction of sp³-hybridized carbons (Fsp3) is 0.875. The quantitative estimate of drug-likeness (QED) is 0.595. The average Bonchev–Trinajstić information content (AvgIpc) is 1.96. The first kappa shape index (κ1) is 11.8. The van der Waals surface area contributed by atoms with Gasteiger partial charge in [0.15, 0.2) is 0 Å². The molecule has 1 nitrogen and oxygen atoms in total. The maximum Gasteiger partial charge on any atom is 0.394 e. The molecule has 0 saturated heterocycles. The molecule has 0 aliphatic carbocycles. The average molecular weight is 183 g/mol. The van der Waals surface area contributed by atoms with Gasteiger partial charge < -0.3 is 4.74 Å². The van der Waals surface area contributed by atoms with Crippen molar-refractivity contribution in [3.63, 3.8) is 0 Å². The molecular formula is C8H14F3O. The molecule has 0 aromatic carbocycles. The summed E-state index contributed by atoms with van der Waals surface area (Å²) in [4.78, 5) is 0. The van der Waals surface area contributed by atoms with Crippen molar-refractivity contribution in [1.82, 2.24) is 0 Å². The summed E-state index contributed by atoms with van der Waals surface area (Å²) in [5.41, 5.74) is 0. The molecule has 0 bridgehead atoms. The van der Waals surface area contributed by atoms with Crippen molar-refractivity contribution in [1.29, 1.82) is 0 Å². The third-order valence-corrected chi connectivity index (χ3v) is 1.53. The van der Waals surface area contributed by atoms with E-state index in [1.807, 2.05) is 13.8 Å². The van der Waals surface area contributed by atoms with Crippen LogP contribution in [0.2, 0.25) is 0 Å². The largest absolute Gasteiger partial charge is 0.394 e. The van der Waals surface area contributed by atoms with Gasteiger partial charge in [0.1, 0.15) is 0 Å². The number of hydrogen-bond donors (Lipinski definition) is 0. The maximum atomic E-state index is 11.5. The van der Waals surface area contributed by atoms with Gasteiger partial charge in [-0.05, 0) is 5.92 Å². The molecule has 12 heavy (non-hydrogen) atoms. The second kappa shape index (κ2) is 5.41. The van der Waals surface area contributed by atoms with Crippen molar-refractivity contribution >= 4 is 0 Å². The Labute approximate surface area is 70.9 Å². The van der Waals surface area contributed by atoms with Gasteiger partial charge in [-0.25, -0.2) is 0 Å². The fourth-order valence-electron chi connectivity index (χ4n) is 0.540. The van der Waals surface area contributed by atoms with E-state index in [0.717, 1.165) is 6.42 Å². The molecule has 4 heteroatoms. The molecule has 0 N–H and O–H groups in total. The predicted octanol–water partition coefficient (Wildman–Crippen LogP) is 2.82. The summed E-state index contributed by atoms with van der Waals surface area (Å²) in [6, 6.07) is 0. The lowest BCUT2D eigenvalue weighted by molar-refractivity contribution is -0.106. The van der Waals surface area contributed by atoms with E-state index in [1.54, 1.807) is 0 Å². The van der Waals surface area contributed by atoms with Crippen molar-refractivity contribution in [2.24, 2.45) is 5.92 Å². The van der Waals surface area contributed by atoms with E-state index in [0.29, 0.717) is 12.5 Å². The molecule has 0 saturated carbocycles. The summed E-state index contributed by atoms with van der Waals surface area (Å²) in [7, 11) is 0. The smallest absolute Gasteiger partial charge is 0.381 e. The minimum Gasteiger partial charge on any atom is -0.381 e. The van der Waals surface area contributed by atoms with Crippen molar-refractivity contribution in [2.45, 2.75) is 26.4 Å². The second-order valence-corrected chi connectivity index (χ2v) is 2.80. The van der Waals surface area contributed by atoms with Gasteiger partial charge in [0, 0.05) is 6.61 Å². The Kier molecular flexibility index (Phi) is 5.29. The van der Waals surface area contributed by atoms with E-state index in [1.165, 1.54) is 0 Å². The van der Waals surface area contributed by atoms with Crippen LogP contribution in [0.4, 0.5) is 13.2 Å². The first-order valence-electron chi connectivity index (χ1n) is 3.94. The van der Waals surface area contributed by atoms with E-state index in [4.69, 9.17) is 4.74 Å². The summed E-state index contributed by atoms with van der Waals surface area (Å²) < 4.78 is 39.4.